The summed E-state index contributed by atoms with van der Waals surface area (Å²) < 4.78 is 5.59. The Labute approximate surface area is 187 Å². The summed E-state index contributed by atoms with van der Waals surface area (Å²) in [5.41, 5.74) is 2.29. The van der Waals surface area contributed by atoms with E-state index in [0.717, 1.165) is 16.5 Å². The van der Waals surface area contributed by atoms with E-state index >= 15 is 0 Å². The van der Waals surface area contributed by atoms with E-state index in [0.29, 0.717) is 34.5 Å². The van der Waals surface area contributed by atoms with Gasteiger partial charge in [0.25, 0.3) is 5.91 Å². The molecule has 1 saturated heterocycles. The number of H-pyrrole nitrogens is 1. The number of fused-ring (bicyclic) bond motifs is 1. The minimum absolute atomic E-state index is 0.0427. The van der Waals surface area contributed by atoms with Crippen molar-refractivity contribution >= 4 is 51.8 Å². The molecule has 1 atom stereocenters. The first kappa shape index (κ1) is 21.4. The number of nitrogens with one attached hydrogen (secondary N) is 2. The van der Waals surface area contributed by atoms with Crippen LogP contribution in [0.4, 0.5) is 5.82 Å². The lowest BCUT2D eigenvalue weighted by molar-refractivity contribution is -0.137. The van der Waals surface area contributed by atoms with Crippen LogP contribution in [0.15, 0.2) is 30.6 Å². The second-order valence-electron chi connectivity index (χ2n) is 7.01. The molecule has 11 heteroatoms. The Kier molecular flexibility index (Phi) is 6.26. The van der Waals surface area contributed by atoms with Crippen molar-refractivity contribution in [1.29, 1.82) is 0 Å². The number of carboxylic acids is 1. The van der Waals surface area contributed by atoms with Crippen molar-refractivity contribution < 1.29 is 19.4 Å². The smallest absolute Gasteiger partial charge is 0.305 e. The van der Waals surface area contributed by atoms with E-state index in [2.05, 4.69) is 15.5 Å². The zero-order valence-corrected chi connectivity index (χ0v) is 17.8. The molecule has 2 aromatic heterocycles. The van der Waals surface area contributed by atoms with Gasteiger partial charge in [0, 0.05) is 30.2 Å². The lowest BCUT2D eigenvalue weighted by Gasteiger charge is -2.33. The first-order valence-corrected chi connectivity index (χ1v) is 10.3. The number of carbonyl (C=O) groups excluding carboxylic acids is 1. The molecular formula is C20H19Cl2N5O4. The van der Waals surface area contributed by atoms with Gasteiger partial charge < -0.3 is 20.1 Å². The van der Waals surface area contributed by atoms with Crippen LogP contribution >= 0.6 is 23.2 Å². The number of benzene rings is 1. The van der Waals surface area contributed by atoms with E-state index in [1.807, 2.05) is 17.0 Å². The fourth-order valence-corrected chi connectivity index (χ4v) is 3.80. The number of halogens is 2. The number of hydrogen-bond donors (Lipinski definition) is 3. The van der Waals surface area contributed by atoms with Gasteiger partial charge in [0.15, 0.2) is 6.10 Å². The standard InChI is InChI=1S/C20H19Cl2N5O4/c21-14-2-1-12-13(11-8-24-25-9-11)7-16(26-19(12)18(14)22)27-5-6-31-15(10-27)20(30)23-4-3-17(28)29/h1-2,7-9,15H,3-6,10H2,(H,23,30)(H,24,25)(H,28,29)/t15-/m0/s1. The Balaban J connectivity index is 1.65. The maximum atomic E-state index is 12.4. The van der Waals surface area contributed by atoms with Crippen LogP contribution in [0.2, 0.25) is 10.0 Å². The van der Waals surface area contributed by atoms with Crippen molar-refractivity contribution in [3.8, 4) is 11.1 Å². The molecule has 162 valence electrons. The van der Waals surface area contributed by atoms with Gasteiger partial charge in [0.2, 0.25) is 0 Å². The van der Waals surface area contributed by atoms with Gasteiger partial charge in [0.05, 0.1) is 41.3 Å². The number of rotatable bonds is 6. The quantitative estimate of drug-likeness (QED) is 0.513. The van der Waals surface area contributed by atoms with Crippen LogP contribution in [0.5, 0.6) is 0 Å². The van der Waals surface area contributed by atoms with Crippen LogP contribution in [-0.4, -0.2) is 64.5 Å². The summed E-state index contributed by atoms with van der Waals surface area (Å²) >= 11 is 12.7. The maximum absolute atomic E-state index is 12.4. The van der Waals surface area contributed by atoms with Gasteiger partial charge in [-0.1, -0.05) is 29.3 Å². The van der Waals surface area contributed by atoms with Crippen molar-refractivity contribution in [2.45, 2.75) is 12.5 Å². The summed E-state index contributed by atoms with van der Waals surface area (Å²) in [4.78, 5) is 29.7. The number of aromatic amines is 1. The first-order chi connectivity index (χ1) is 14.9. The summed E-state index contributed by atoms with van der Waals surface area (Å²) in [7, 11) is 0. The van der Waals surface area contributed by atoms with Crippen molar-refractivity contribution in [3.63, 3.8) is 0 Å². The number of morpholine rings is 1. The third kappa shape index (κ3) is 4.58. The van der Waals surface area contributed by atoms with E-state index in [4.69, 9.17) is 38.0 Å². The predicted molar refractivity (Wildman–Crippen MR) is 117 cm³/mol. The number of amides is 1. The van der Waals surface area contributed by atoms with E-state index in [1.165, 1.54) is 0 Å². The first-order valence-electron chi connectivity index (χ1n) is 9.58. The molecule has 1 aromatic carbocycles. The monoisotopic (exact) mass is 463 g/mol. The molecule has 3 N–H and O–H groups in total. The van der Waals surface area contributed by atoms with Crippen LogP contribution in [0, 0.1) is 0 Å². The van der Waals surface area contributed by atoms with Crippen molar-refractivity contribution in [2.24, 2.45) is 0 Å². The highest BCUT2D eigenvalue weighted by Gasteiger charge is 2.28. The Morgan fingerprint density at radius 1 is 1.35 bits per heavy atom. The lowest BCUT2D eigenvalue weighted by Crippen LogP contribution is -2.50. The van der Waals surface area contributed by atoms with E-state index < -0.39 is 12.1 Å². The molecule has 3 heterocycles. The van der Waals surface area contributed by atoms with Gasteiger partial charge in [0.1, 0.15) is 5.82 Å². The molecule has 0 bridgehead atoms. The Morgan fingerprint density at radius 3 is 2.94 bits per heavy atom. The number of hydrogen-bond acceptors (Lipinski definition) is 6. The van der Waals surface area contributed by atoms with Crippen LogP contribution in [0.25, 0.3) is 22.0 Å². The molecule has 1 fully saturated rings. The number of carboxylic acid groups (broad SMARTS) is 1. The highest BCUT2D eigenvalue weighted by molar-refractivity contribution is 6.45. The van der Waals surface area contributed by atoms with Gasteiger partial charge >= 0.3 is 5.97 Å². The highest BCUT2D eigenvalue weighted by atomic mass is 35.5. The molecule has 0 aliphatic carbocycles. The largest absolute Gasteiger partial charge is 0.481 e. The zero-order valence-electron chi connectivity index (χ0n) is 16.3. The van der Waals surface area contributed by atoms with E-state index in [1.54, 1.807) is 18.5 Å². The second-order valence-corrected chi connectivity index (χ2v) is 7.80. The van der Waals surface area contributed by atoms with Crippen LogP contribution in [0.3, 0.4) is 0 Å². The summed E-state index contributed by atoms with van der Waals surface area (Å²) in [6.07, 6.45) is 2.59. The fourth-order valence-electron chi connectivity index (χ4n) is 3.44. The summed E-state index contributed by atoms with van der Waals surface area (Å²) in [5, 5.41) is 19.7. The van der Waals surface area contributed by atoms with Crippen LogP contribution in [-0.2, 0) is 14.3 Å². The molecule has 0 spiro atoms. The van der Waals surface area contributed by atoms with Crippen molar-refractivity contribution in [3.05, 3.63) is 40.6 Å². The van der Waals surface area contributed by atoms with Gasteiger partial charge in [-0.3, -0.25) is 14.7 Å². The van der Waals surface area contributed by atoms with Gasteiger partial charge in [-0.05, 0) is 17.7 Å². The molecule has 0 unspecified atom stereocenters. The van der Waals surface area contributed by atoms with Crippen LogP contribution < -0.4 is 10.2 Å². The molecule has 1 amide bonds. The number of anilines is 1. The number of aliphatic carboxylic acids is 1. The maximum Gasteiger partial charge on any atom is 0.305 e. The average Bonchev–Trinajstić information content (AvgIpc) is 3.30. The molecule has 1 aliphatic heterocycles. The zero-order chi connectivity index (χ0) is 22.0. The highest BCUT2D eigenvalue weighted by Crippen LogP contribution is 2.37. The topological polar surface area (TPSA) is 120 Å². The summed E-state index contributed by atoms with van der Waals surface area (Å²) in [6, 6.07) is 5.51. The number of nitrogens with zero attached hydrogens (tertiary/aromatic N) is 3. The van der Waals surface area contributed by atoms with E-state index in [9.17, 15) is 9.59 Å². The SMILES string of the molecule is O=C(O)CCNC(=O)[C@@H]1CN(c2cc(-c3cn[nH]c3)c3ccc(Cl)c(Cl)c3n2)CCO1. The van der Waals surface area contributed by atoms with Crippen LogP contribution in [0.1, 0.15) is 6.42 Å². The molecular weight excluding hydrogens is 445 g/mol. The Hall–Kier alpha value is -2.88. The molecule has 3 aromatic rings. The average molecular weight is 464 g/mol. The second kappa shape index (κ2) is 9.09. The Bertz CT molecular complexity index is 1120. The molecule has 4 rings (SSSR count). The number of aromatic nitrogens is 3. The minimum Gasteiger partial charge on any atom is -0.481 e. The molecule has 0 saturated carbocycles. The van der Waals surface area contributed by atoms with Crippen molar-refractivity contribution in [2.75, 3.05) is 31.1 Å². The molecule has 9 nitrogen and oxygen atoms in total. The lowest BCUT2D eigenvalue weighted by atomic mass is 10.0. The third-order valence-corrected chi connectivity index (χ3v) is 5.78. The number of pyridine rings is 1. The van der Waals surface area contributed by atoms with Gasteiger partial charge in [-0.15, -0.1) is 0 Å². The fraction of sp³-hybridized carbons (Fsp3) is 0.300. The Morgan fingerprint density at radius 2 is 2.19 bits per heavy atom. The van der Waals surface area contributed by atoms with Gasteiger partial charge in [-0.2, -0.15) is 5.10 Å². The minimum atomic E-state index is -0.978. The normalized spacial score (nSPS) is 16.5. The molecule has 31 heavy (non-hydrogen) atoms. The molecule has 1 aliphatic rings. The number of ether oxygens (including phenoxy) is 1. The summed E-state index contributed by atoms with van der Waals surface area (Å²) in [6.45, 7) is 1.16. The third-order valence-electron chi connectivity index (χ3n) is 4.99. The number of carbonyl (C=O) groups is 2. The summed E-state index contributed by atoms with van der Waals surface area (Å²) in [5.74, 6) is -0.712. The van der Waals surface area contributed by atoms with Crippen molar-refractivity contribution in [1.82, 2.24) is 20.5 Å². The van der Waals surface area contributed by atoms with E-state index in [-0.39, 0.29) is 25.4 Å². The van der Waals surface area contributed by atoms with Gasteiger partial charge in [-0.25, -0.2) is 4.98 Å². The predicted octanol–water partition coefficient (Wildman–Crippen LogP) is 2.73. The molecule has 0 radical (unpaired) electrons.